The zero-order valence-corrected chi connectivity index (χ0v) is 19.3. The van der Waals surface area contributed by atoms with Crippen LogP contribution < -0.4 is 5.32 Å². The number of piperidine rings is 1. The molecule has 1 aromatic rings. The van der Waals surface area contributed by atoms with Crippen LogP contribution in [0.4, 0.5) is 0 Å². The summed E-state index contributed by atoms with van der Waals surface area (Å²) >= 11 is 0. The highest BCUT2D eigenvalue weighted by molar-refractivity contribution is 14.0. The van der Waals surface area contributed by atoms with Gasteiger partial charge in [-0.1, -0.05) is 0 Å². The highest BCUT2D eigenvalue weighted by Gasteiger charge is 2.24. The van der Waals surface area contributed by atoms with Crippen molar-refractivity contribution < 1.29 is 9.47 Å². The van der Waals surface area contributed by atoms with Crippen LogP contribution in [0.2, 0.25) is 0 Å². The molecule has 2 aliphatic heterocycles. The van der Waals surface area contributed by atoms with E-state index in [2.05, 4.69) is 32.3 Å². The average Bonchev–Trinajstić information content (AvgIpc) is 3.25. The van der Waals surface area contributed by atoms with Crippen molar-refractivity contribution >= 4 is 29.9 Å². The molecule has 160 valence electrons. The molecule has 0 amide bonds. The summed E-state index contributed by atoms with van der Waals surface area (Å²) in [7, 11) is 0. The van der Waals surface area contributed by atoms with E-state index in [1.807, 2.05) is 0 Å². The van der Waals surface area contributed by atoms with Crippen LogP contribution in [0.15, 0.2) is 11.3 Å². The summed E-state index contributed by atoms with van der Waals surface area (Å²) in [6, 6.07) is 0. The van der Waals surface area contributed by atoms with Crippen molar-refractivity contribution in [3.05, 3.63) is 12.2 Å². The second-order valence-corrected chi connectivity index (χ2v) is 7.35. The predicted molar refractivity (Wildman–Crippen MR) is 120 cm³/mol. The minimum Gasteiger partial charge on any atom is -0.381 e. The molecule has 1 aromatic heterocycles. The van der Waals surface area contributed by atoms with Gasteiger partial charge in [-0.2, -0.15) is 5.10 Å². The van der Waals surface area contributed by atoms with Crippen molar-refractivity contribution in [2.75, 3.05) is 52.6 Å². The van der Waals surface area contributed by atoms with E-state index in [1.165, 1.54) is 0 Å². The molecule has 2 saturated heterocycles. The maximum absolute atomic E-state index is 5.84. The van der Waals surface area contributed by atoms with Gasteiger partial charge in [0.05, 0.1) is 0 Å². The summed E-state index contributed by atoms with van der Waals surface area (Å²) in [5.41, 5.74) is 0. The van der Waals surface area contributed by atoms with Gasteiger partial charge in [-0.3, -0.25) is 10.1 Å². The molecule has 0 spiro atoms. The number of hydrogen-bond acceptors (Lipinski definition) is 5. The van der Waals surface area contributed by atoms with Crippen molar-refractivity contribution in [3.8, 4) is 0 Å². The van der Waals surface area contributed by atoms with Crippen LogP contribution in [0.25, 0.3) is 0 Å². The lowest BCUT2D eigenvalue weighted by molar-refractivity contribution is 0.0205. The molecule has 8 nitrogen and oxygen atoms in total. The van der Waals surface area contributed by atoms with Gasteiger partial charge in [0.1, 0.15) is 12.2 Å². The van der Waals surface area contributed by atoms with Gasteiger partial charge in [0.15, 0.2) is 5.96 Å². The van der Waals surface area contributed by atoms with Gasteiger partial charge in [0.25, 0.3) is 0 Å². The molecule has 3 rings (SSSR count). The zero-order valence-electron chi connectivity index (χ0n) is 16.9. The van der Waals surface area contributed by atoms with Gasteiger partial charge in [-0.15, -0.1) is 24.0 Å². The van der Waals surface area contributed by atoms with E-state index in [0.717, 1.165) is 96.5 Å². The first-order valence-electron chi connectivity index (χ1n) is 10.4. The molecule has 2 aliphatic rings. The Morgan fingerprint density at radius 2 is 2.11 bits per heavy atom. The number of hydrogen-bond donors (Lipinski definition) is 2. The summed E-state index contributed by atoms with van der Waals surface area (Å²) in [4.78, 5) is 11.5. The summed E-state index contributed by atoms with van der Waals surface area (Å²) < 4.78 is 11.2. The average molecular weight is 506 g/mol. The second kappa shape index (κ2) is 13.3. The number of nitrogens with one attached hydrogen (secondary N) is 2. The Morgan fingerprint density at radius 1 is 1.32 bits per heavy atom. The lowest BCUT2D eigenvalue weighted by Gasteiger charge is -2.33. The lowest BCUT2D eigenvalue weighted by atomic mass is 9.96. The highest BCUT2D eigenvalue weighted by Crippen LogP contribution is 2.24. The fraction of sp³-hybridized carbons (Fsp3) is 0.842. The largest absolute Gasteiger partial charge is 0.381 e. The number of halogens is 1. The molecule has 2 N–H and O–H groups in total. The molecular formula is C19H35IN6O2. The Kier molecular flexibility index (Phi) is 11.1. The molecule has 0 bridgehead atoms. The Labute approximate surface area is 185 Å². The molecular weight excluding hydrogens is 471 g/mol. The van der Waals surface area contributed by atoms with Gasteiger partial charge in [-0.25, -0.2) is 4.98 Å². The maximum atomic E-state index is 5.84. The highest BCUT2D eigenvalue weighted by atomic mass is 127. The van der Waals surface area contributed by atoms with Crippen LogP contribution in [0.5, 0.6) is 0 Å². The maximum Gasteiger partial charge on any atom is 0.193 e. The van der Waals surface area contributed by atoms with Crippen molar-refractivity contribution in [2.24, 2.45) is 10.9 Å². The number of aromatic amines is 1. The quantitative estimate of drug-likeness (QED) is 0.244. The third-order valence-corrected chi connectivity index (χ3v) is 5.35. The summed E-state index contributed by atoms with van der Waals surface area (Å²) in [6.45, 7) is 9.23. The van der Waals surface area contributed by atoms with E-state index in [0.29, 0.717) is 11.8 Å². The number of likely N-dealkylation sites (tertiary alicyclic amines) is 1. The summed E-state index contributed by atoms with van der Waals surface area (Å²) in [5, 5.41) is 10.4. The third kappa shape index (κ3) is 7.47. The number of ether oxygens (including phenoxy) is 2. The van der Waals surface area contributed by atoms with Gasteiger partial charge in [0, 0.05) is 58.5 Å². The number of aliphatic imine (C=N–C) groups is 1. The van der Waals surface area contributed by atoms with Crippen molar-refractivity contribution in [2.45, 2.75) is 44.9 Å². The summed E-state index contributed by atoms with van der Waals surface area (Å²) in [6.07, 6.45) is 6.98. The molecule has 0 saturated carbocycles. The molecule has 2 fully saturated rings. The molecule has 0 aliphatic carbocycles. The minimum absolute atomic E-state index is 0. The molecule has 3 heterocycles. The second-order valence-electron chi connectivity index (χ2n) is 7.35. The Morgan fingerprint density at radius 3 is 2.79 bits per heavy atom. The van der Waals surface area contributed by atoms with Gasteiger partial charge in [0.2, 0.25) is 0 Å². The molecule has 28 heavy (non-hydrogen) atoms. The Balaban J connectivity index is 0.00000280. The van der Waals surface area contributed by atoms with Crippen LogP contribution in [0, 0.1) is 5.92 Å². The van der Waals surface area contributed by atoms with E-state index >= 15 is 0 Å². The SMILES string of the molecule is CCNC(=NCCCOCC1CCOCC1)N1CCC(c2ncn[nH]2)CC1.I. The minimum atomic E-state index is 0. The van der Waals surface area contributed by atoms with Crippen LogP contribution in [0.1, 0.15) is 50.8 Å². The molecule has 0 unspecified atom stereocenters. The number of H-pyrrole nitrogens is 1. The third-order valence-electron chi connectivity index (χ3n) is 5.35. The Hall–Kier alpha value is -0.940. The van der Waals surface area contributed by atoms with E-state index < -0.39 is 0 Å². The van der Waals surface area contributed by atoms with Crippen LogP contribution in [0.3, 0.4) is 0 Å². The molecule has 9 heteroatoms. The smallest absolute Gasteiger partial charge is 0.193 e. The van der Waals surface area contributed by atoms with Gasteiger partial charge in [-0.05, 0) is 44.9 Å². The van der Waals surface area contributed by atoms with Crippen molar-refractivity contribution in [1.82, 2.24) is 25.4 Å². The monoisotopic (exact) mass is 506 g/mol. The zero-order chi connectivity index (χ0) is 18.7. The number of aromatic nitrogens is 3. The van der Waals surface area contributed by atoms with E-state index in [9.17, 15) is 0 Å². The molecule has 0 aromatic carbocycles. The van der Waals surface area contributed by atoms with Crippen LogP contribution >= 0.6 is 24.0 Å². The first-order chi connectivity index (χ1) is 13.4. The number of rotatable bonds is 8. The number of nitrogens with zero attached hydrogens (tertiary/aromatic N) is 4. The first-order valence-corrected chi connectivity index (χ1v) is 10.4. The van der Waals surface area contributed by atoms with Gasteiger partial charge >= 0.3 is 0 Å². The van der Waals surface area contributed by atoms with Gasteiger partial charge < -0.3 is 19.7 Å². The van der Waals surface area contributed by atoms with Crippen LogP contribution in [-0.2, 0) is 9.47 Å². The fourth-order valence-electron chi connectivity index (χ4n) is 3.72. The van der Waals surface area contributed by atoms with Crippen LogP contribution in [-0.4, -0.2) is 78.6 Å². The normalized spacial score (nSPS) is 19.5. The number of guanidine groups is 1. The predicted octanol–water partition coefficient (Wildman–Crippen LogP) is 2.40. The Bertz CT molecular complexity index is 543. The first kappa shape index (κ1) is 23.3. The molecule has 0 atom stereocenters. The molecule has 0 radical (unpaired) electrons. The van der Waals surface area contributed by atoms with E-state index in [-0.39, 0.29) is 24.0 Å². The standard InChI is InChI=1S/C19H34N6O2.HI/c1-2-20-19(21-8-3-11-27-14-16-6-12-26-13-7-16)25-9-4-17(5-10-25)18-22-15-23-24-18;/h15-17H,2-14H2,1H3,(H,20,21)(H,22,23,24);1H. The van der Waals surface area contributed by atoms with E-state index in [1.54, 1.807) is 6.33 Å². The fourth-order valence-corrected chi connectivity index (χ4v) is 3.72. The van der Waals surface area contributed by atoms with Crippen molar-refractivity contribution in [1.29, 1.82) is 0 Å². The lowest BCUT2D eigenvalue weighted by Crippen LogP contribution is -2.45. The summed E-state index contributed by atoms with van der Waals surface area (Å²) in [5.74, 6) is 3.19. The van der Waals surface area contributed by atoms with Crippen molar-refractivity contribution in [3.63, 3.8) is 0 Å². The van der Waals surface area contributed by atoms with E-state index in [4.69, 9.17) is 14.5 Å². The topological polar surface area (TPSA) is 87.7 Å².